The van der Waals surface area contributed by atoms with Crippen molar-refractivity contribution in [1.82, 2.24) is 20.4 Å². The summed E-state index contributed by atoms with van der Waals surface area (Å²) in [5, 5.41) is 24.3. The zero-order valence-electron chi connectivity index (χ0n) is 8.34. The van der Waals surface area contributed by atoms with Gasteiger partial charge in [-0.15, -0.1) is 20.4 Å². The van der Waals surface area contributed by atoms with E-state index in [1.165, 1.54) is 0 Å². The van der Waals surface area contributed by atoms with Crippen LogP contribution in [0.1, 0.15) is 5.82 Å². The van der Waals surface area contributed by atoms with Crippen molar-refractivity contribution in [3.63, 3.8) is 0 Å². The van der Waals surface area contributed by atoms with E-state index in [1.807, 2.05) is 24.3 Å². The van der Waals surface area contributed by atoms with Crippen LogP contribution in [0.2, 0.25) is 0 Å². The average molecular weight is 281 g/mol. The van der Waals surface area contributed by atoms with Gasteiger partial charge in [0, 0.05) is 16.5 Å². The van der Waals surface area contributed by atoms with Gasteiger partial charge in [-0.05, 0) is 24.3 Å². The van der Waals surface area contributed by atoms with Crippen molar-refractivity contribution in [3.05, 3.63) is 34.6 Å². The summed E-state index contributed by atoms with van der Waals surface area (Å²) in [6.07, 6.45) is 0.376. The summed E-state index contributed by atoms with van der Waals surface area (Å²) < 4.78 is 0.995. The molecule has 0 bridgehead atoms. The van der Waals surface area contributed by atoms with Gasteiger partial charge in [0.05, 0.1) is 6.61 Å². The molecule has 1 aromatic heterocycles. The second-order valence-electron chi connectivity index (χ2n) is 3.12. The molecule has 1 aromatic carbocycles. The maximum Gasteiger partial charge on any atom is 0.203 e. The van der Waals surface area contributed by atoms with Crippen LogP contribution in [-0.2, 0) is 6.42 Å². The summed E-state index contributed by atoms with van der Waals surface area (Å²) >= 11 is 3.35. The summed E-state index contributed by atoms with van der Waals surface area (Å²) in [4.78, 5) is 0. The fraction of sp³-hybridized carbons (Fsp3) is 0.200. The molecule has 2 rings (SSSR count). The number of rotatable bonds is 3. The lowest BCUT2D eigenvalue weighted by Crippen LogP contribution is -2.04. The monoisotopic (exact) mass is 280 g/mol. The van der Waals surface area contributed by atoms with Crippen molar-refractivity contribution in [2.75, 3.05) is 6.61 Å². The molecule has 0 atom stereocenters. The van der Waals surface area contributed by atoms with Crippen molar-refractivity contribution in [3.8, 4) is 11.4 Å². The topological polar surface area (TPSA) is 71.8 Å². The van der Waals surface area contributed by atoms with Crippen LogP contribution in [0.4, 0.5) is 0 Å². The van der Waals surface area contributed by atoms with E-state index in [1.54, 1.807) is 0 Å². The van der Waals surface area contributed by atoms with Gasteiger partial charge in [-0.3, -0.25) is 0 Å². The molecule has 0 saturated carbocycles. The van der Waals surface area contributed by atoms with Gasteiger partial charge in [-0.25, -0.2) is 0 Å². The minimum absolute atomic E-state index is 0.000983. The van der Waals surface area contributed by atoms with E-state index < -0.39 is 0 Å². The average Bonchev–Trinajstić information content (AvgIpc) is 2.32. The lowest BCUT2D eigenvalue weighted by atomic mass is 10.2. The predicted octanol–water partition coefficient (Wildman–Crippen LogP) is 1.23. The molecule has 0 fully saturated rings. The number of aliphatic hydroxyl groups is 1. The minimum Gasteiger partial charge on any atom is -0.396 e. The van der Waals surface area contributed by atoms with Crippen molar-refractivity contribution in [2.45, 2.75) is 6.42 Å². The Morgan fingerprint density at radius 1 is 1.00 bits per heavy atom. The Hall–Kier alpha value is -1.40. The number of aliphatic hydroxyl groups excluding tert-OH is 1. The van der Waals surface area contributed by atoms with Gasteiger partial charge < -0.3 is 5.11 Å². The Bertz CT molecular complexity index is 457. The summed E-state index contributed by atoms with van der Waals surface area (Å²) in [6, 6.07) is 7.57. The Morgan fingerprint density at radius 2 is 1.62 bits per heavy atom. The lowest BCUT2D eigenvalue weighted by molar-refractivity contribution is 0.295. The SMILES string of the molecule is OCCc1nnc(-c2ccc(Br)cc2)nn1. The van der Waals surface area contributed by atoms with Crippen LogP contribution < -0.4 is 0 Å². The zero-order valence-corrected chi connectivity index (χ0v) is 9.92. The van der Waals surface area contributed by atoms with E-state index in [0.29, 0.717) is 18.1 Å². The number of halogens is 1. The molecule has 2 aromatic rings. The van der Waals surface area contributed by atoms with Crippen LogP contribution in [0.3, 0.4) is 0 Å². The van der Waals surface area contributed by atoms with Crippen LogP contribution in [-0.4, -0.2) is 32.1 Å². The quantitative estimate of drug-likeness (QED) is 0.916. The molecule has 0 aliphatic heterocycles. The third kappa shape index (κ3) is 2.59. The molecule has 5 nitrogen and oxygen atoms in total. The molecular formula is C10H9BrN4O. The van der Waals surface area contributed by atoms with Gasteiger partial charge in [-0.1, -0.05) is 15.9 Å². The normalized spacial score (nSPS) is 10.4. The number of hydrogen-bond donors (Lipinski definition) is 1. The molecule has 0 aliphatic rings. The highest BCUT2D eigenvalue weighted by molar-refractivity contribution is 9.10. The second kappa shape index (κ2) is 5.09. The molecule has 1 N–H and O–H groups in total. The summed E-state index contributed by atoms with van der Waals surface area (Å²) in [7, 11) is 0. The van der Waals surface area contributed by atoms with Crippen molar-refractivity contribution < 1.29 is 5.11 Å². The first kappa shape index (κ1) is 11.1. The smallest absolute Gasteiger partial charge is 0.203 e. The number of hydrogen-bond acceptors (Lipinski definition) is 5. The molecule has 0 aliphatic carbocycles. The number of aromatic nitrogens is 4. The standard InChI is InChI=1S/C10H9BrN4O/c11-8-3-1-7(2-4-8)10-14-12-9(5-6-16)13-15-10/h1-4,16H,5-6H2. The predicted molar refractivity (Wildman–Crippen MR) is 61.5 cm³/mol. The molecule has 16 heavy (non-hydrogen) atoms. The van der Waals surface area contributed by atoms with Crippen LogP contribution in [0, 0.1) is 0 Å². The largest absolute Gasteiger partial charge is 0.396 e. The van der Waals surface area contributed by atoms with Gasteiger partial charge in [0.15, 0.2) is 5.82 Å². The van der Waals surface area contributed by atoms with E-state index in [4.69, 9.17) is 5.11 Å². The van der Waals surface area contributed by atoms with Gasteiger partial charge in [-0.2, -0.15) is 0 Å². The highest BCUT2D eigenvalue weighted by Crippen LogP contribution is 2.16. The first-order valence-electron chi connectivity index (χ1n) is 4.72. The maximum atomic E-state index is 8.70. The van der Waals surface area contributed by atoms with E-state index in [9.17, 15) is 0 Å². The lowest BCUT2D eigenvalue weighted by Gasteiger charge is -1.99. The Kier molecular flexibility index (Phi) is 3.53. The van der Waals surface area contributed by atoms with Crippen LogP contribution in [0.15, 0.2) is 28.7 Å². The molecule has 0 amide bonds. The van der Waals surface area contributed by atoms with Gasteiger partial charge in [0.2, 0.25) is 5.82 Å². The van der Waals surface area contributed by atoms with Gasteiger partial charge >= 0.3 is 0 Å². The zero-order chi connectivity index (χ0) is 11.4. The minimum atomic E-state index is 0.000983. The van der Waals surface area contributed by atoms with Crippen LogP contribution in [0.25, 0.3) is 11.4 Å². The maximum absolute atomic E-state index is 8.70. The van der Waals surface area contributed by atoms with Crippen molar-refractivity contribution >= 4 is 15.9 Å². The molecule has 0 radical (unpaired) electrons. The number of nitrogens with zero attached hydrogens (tertiary/aromatic N) is 4. The third-order valence-corrected chi connectivity index (χ3v) is 2.49. The Labute approximate surface area is 101 Å². The summed E-state index contributed by atoms with van der Waals surface area (Å²) in [5.41, 5.74) is 0.860. The molecular weight excluding hydrogens is 272 g/mol. The van der Waals surface area contributed by atoms with Gasteiger partial charge in [0.25, 0.3) is 0 Å². The first-order chi connectivity index (χ1) is 7.79. The third-order valence-electron chi connectivity index (χ3n) is 1.96. The second-order valence-corrected chi connectivity index (χ2v) is 4.04. The number of benzene rings is 1. The molecule has 0 saturated heterocycles. The first-order valence-corrected chi connectivity index (χ1v) is 5.52. The van der Waals surface area contributed by atoms with Crippen molar-refractivity contribution in [1.29, 1.82) is 0 Å². The Balaban J connectivity index is 2.24. The van der Waals surface area contributed by atoms with E-state index in [2.05, 4.69) is 36.3 Å². The molecule has 82 valence electrons. The van der Waals surface area contributed by atoms with E-state index in [0.717, 1.165) is 10.0 Å². The Morgan fingerprint density at radius 3 is 2.19 bits per heavy atom. The molecule has 0 unspecified atom stereocenters. The summed E-state index contributed by atoms with van der Waals surface area (Å²) in [6.45, 7) is 0.000983. The molecule has 1 heterocycles. The van der Waals surface area contributed by atoms with Gasteiger partial charge in [0.1, 0.15) is 0 Å². The highest BCUT2D eigenvalue weighted by atomic mass is 79.9. The van der Waals surface area contributed by atoms with E-state index >= 15 is 0 Å². The van der Waals surface area contributed by atoms with Crippen LogP contribution in [0.5, 0.6) is 0 Å². The molecule has 0 spiro atoms. The van der Waals surface area contributed by atoms with Crippen LogP contribution >= 0.6 is 15.9 Å². The fourth-order valence-electron chi connectivity index (χ4n) is 1.16. The fourth-order valence-corrected chi connectivity index (χ4v) is 1.43. The van der Waals surface area contributed by atoms with E-state index in [-0.39, 0.29) is 6.61 Å². The highest BCUT2D eigenvalue weighted by Gasteiger charge is 2.03. The molecule has 6 heteroatoms. The van der Waals surface area contributed by atoms with Crippen molar-refractivity contribution in [2.24, 2.45) is 0 Å². The summed E-state index contributed by atoms with van der Waals surface area (Å²) in [5.74, 6) is 0.928.